The van der Waals surface area contributed by atoms with E-state index in [0.29, 0.717) is 0 Å². The molecule has 0 aliphatic carbocycles. The van der Waals surface area contributed by atoms with Crippen LogP contribution in [0.5, 0.6) is 0 Å². The van der Waals surface area contributed by atoms with Gasteiger partial charge in [0.25, 0.3) is 0 Å². The molecule has 5 heteroatoms. The molecule has 1 N–H and O–H groups in total. The summed E-state index contributed by atoms with van der Waals surface area (Å²) in [5.41, 5.74) is 1.28. The quantitative estimate of drug-likeness (QED) is 0.891. The molecule has 0 radical (unpaired) electrons. The standard InChI is InChI=1S/C11H10Br2N2S/c12-9-3-1-8(2-4-9)5-14-7-11-10(13)6-15-16-11/h1-4,6,14H,5,7H2. The van der Waals surface area contributed by atoms with Crippen LogP contribution in [0.4, 0.5) is 0 Å². The summed E-state index contributed by atoms with van der Waals surface area (Å²) in [7, 11) is 0. The molecule has 0 aliphatic heterocycles. The molecule has 0 atom stereocenters. The minimum absolute atomic E-state index is 0.849. The molecule has 0 aliphatic rings. The molecule has 0 unspecified atom stereocenters. The zero-order chi connectivity index (χ0) is 11.4. The molecule has 0 amide bonds. The third kappa shape index (κ3) is 3.38. The number of hydrogen-bond acceptors (Lipinski definition) is 3. The van der Waals surface area contributed by atoms with Gasteiger partial charge in [-0.2, -0.15) is 4.37 Å². The summed E-state index contributed by atoms with van der Waals surface area (Å²) in [5, 5.41) is 3.39. The molecule has 16 heavy (non-hydrogen) atoms. The van der Waals surface area contributed by atoms with E-state index in [-0.39, 0.29) is 0 Å². The first-order chi connectivity index (χ1) is 7.75. The molecule has 2 rings (SSSR count). The van der Waals surface area contributed by atoms with Crippen LogP contribution in [0.1, 0.15) is 10.4 Å². The SMILES string of the molecule is Brc1ccc(CNCc2sncc2Br)cc1. The molecule has 1 aromatic carbocycles. The lowest BCUT2D eigenvalue weighted by Crippen LogP contribution is -2.11. The van der Waals surface area contributed by atoms with Crippen molar-refractivity contribution < 1.29 is 0 Å². The Balaban J connectivity index is 1.84. The highest BCUT2D eigenvalue weighted by molar-refractivity contribution is 9.10. The van der Waals surface area contributed by atoms with Crippen LogP contribution in [0.2, 0.25) is 0 Å². The number of nitrogens with zero attached hydrogens (tertiary/aromatic N) is 1. The van der Waals surface area contributed by atoms with E-state index in [4.69, 9.17) is 0 Å². The number of benzene rings is 1. The van der Waals surface area contributed by atoms with Crippen LogP contribution >= 0.6 is 43.4 Å². The Morgan fingerprint density at radius 1 is 1.12 bits per heavy atom. The van der Waals surface area contributed by atoms with E-state index < -0.39 is 0 Å². The van der Waals surface area contributed by atoms with Gasteiger partial charge in [-0.25, -0.2) is 0 Å². The van der Waals surface area contributed by atoms with Gasteiger partial charge < -0.3 is 5.32 Å². The highest BCUT2D eigenvalue weighted by atomic mass is 79.9. The summed E-state index contributed by atoms with van der Waals surface area (Å²) in [5.74, 6) is 0. The van der Waals surface area contributed by atoms with E-state index in [2.05, 4.69) is 65.8 Å². The molecular formula is C11H10Br2N2S. The number of halogens is 2. The molecule has 1 aromatic heterocycles. The fourth-order valence-corrected chi connectivity index (χ4v) is 2.74. The second-order valence-electron chi connectivity index (χ2n) is 3.33. The van der Waals surface area contributed by atoms with Gasteiger partial charge in [0.1, 0.15) is 0 Å². The third-order valence-electron chi connectivity index (χ3n) is 2.12. The van der Waals surface area contributed by atoms with Crippen molar-refractivity contribution in [2.24, 2.45) is 0 Å². The predicted molar refractivity (Wildman–Crippen MR) is 74.5 cm³/mol. The summed E-state index contributed by atoms with van der Waals surface area (Å²) in [6.07, 6.45) is 1.83. The Kier molecular flexibility index (Phi) is 4.52. The average molecular weight is 362 g/mol. The minimum atomic E-state index is 0.849. The van der Waals surface area contributed by atoms with Gasteiger partial charge in [0.15, 0.2) is 0 Å². The molecule has 0 bridgehead atoms. The van der Waals surface area contributed by atoms with Crippen molar-refractivity contribution in [2.75, 3.05) is 0 Å². The first-order valence-corrected chi connectivity index (χ1v) is 7.16. The van der Waals surface area contributed by atoms with E-state index in [1.54, 1.807) is 0 Å². The molecule has 0 spiro atoms. The van der Waals surface area contributed by atoms with Gasteiger partial charge in [0.05, 0.1) is 15.5 Å². The summed E-state index contributed by atoms with van der Waals surface area (Å²) in [6.45, 7) is 1.72. The van der Waals surface area contributed by atoms with Crippen molar-refractivity contribution in [3.63, 3.8) is 0 Å². The van der Waals surface area contributed by atoms with E-state index in [9.17, 15) is 0 Å². The molecule has 0 saturated carbocycles. The van der Waals surface area contributed by atoms with E-state index in [0.717, 1.165) is 22.0 Å². The van der Waals surface area contributed by atoms with Crippen molar-refractivity contribution in [2.45, 2.75) is 13.1 Å². The smallest absolute Gasteiger partial charge is 0.0552 e. The molecule has 0 fully saturated rings. The molecule has 2 aromatic rings. The number of hydrogen-bond donors (Lipinski definition) is 1. The van der Waals surface area contributed by atoms with Gasteiger partial charge in [0.2, 0.25) is 0 Å². The van der Waals surface area contributed by atoms with Gasteiger partial charge in [-0.1, -0.05) is 28.1 Å². The summed E-state index contributed by atoms with van der Waals surface area (Å²) in [4.78, 5) is 1.23. The fraction of sp³-hybridized carbons (Fsp3) is 0.182. The molecular weight excluding hydrogens is 352 g/mol. The number of nitrogens with one attached hydrogen (secondary N) is 1. The van der Waals surface area contributed by atoms with E-state index in [1.807, 2.05) is 6.20 Å². The van der Waals surface area contributed by atoms with E-state index in [1.165, 1.54) is 22.0 Å². The van der Waals surface area contributed by atoms with Gasteiger partial charge in [0, 0.05) is 17.6 Å². The van der Waals surface area contributed by atoms with Gasteiger partial charge >= 0.3 is 0 Å². The van der Waals surface area contributed by atoms with Gasteiger partial charge in [-0.3, -0.25) is 0 Å². The third-order valence-corrected chi connectivity index (χ3v) is 4.39. The summed E-state index contributed by atoms with van der Waals surface area (Å²) in [6, 6.07) is 8.33. The maximum absolute atomic E-state index is 4.11. The molecule has 0 saturated heterocycles. The Bertz CT molecular complexity index is 453. The first-order valence-electron chi connectivity index (χ1n) is 4.80. The molecule has 1 heterocycles. The van der Waals surface area contributed by atoms with E-state index >= 15 is 0 Å². The van der Waals surface area contributed by atoms with Crippen LogP contribution in [-0.2, 0) is 13.1 Å². The van der Waals surface area contributed by atoms with Crippen LogP contribution in [0, 0.1) is 0 Å². The van der Waals surface area contributed by atoms with Crippen LogP contribution < -0.4 is 5.32 Å². The minimum Gasteiger partial charge on any atom is -0.308 e. The highest BCUT2D eigenvalue weighted by Crippen LogP contribution is 2.19. The lowest BCUT2D eigenvalue weighted by atomic mass is 10.2. The largest absolute Gasteiger partial charge is 0.308 e. The maximum atomic E-state index is 4.11. The second kappa shape index (κ2) is 5.91. The highest BCUT2D eigenvalue weighted by Gasteiger charge is 2.01. The summed E-state index contributed by atoms with van der Waals surface area (Å²) < 4.78 is 6.30. The van der Waals surface area contributed by atoms with Crippen molar-refractivity contribution in [1.82, 2.24) is 9.69 Å². The number of aromatic nitrogens is 1. The van der Waals surface area contributed by atoms with Crippen molar-refractivity contribution in [1.29, 1.82) is 0 Å². The lowest BCUT2D eigenvalue weighted by Gasteiger charge is -2.03. The lowest BCUT2D eigenvalue weighted by molar-refractivity contribution is 0.699. The normalized spacial score (nSPS) is 10.6. The predicted octanol–water partition coefficient (Wildman–Crippen LogP) is 3.96. The molecule has 84 valence electrons. The maximum Gasteiger partial charge on any atom is 0.0552 e. The van der Waals surface area contributed by atoms with Crippen molar-refractivity contribution in [3.8, 4) is 0 Å². The summed E-state index contributed by atoms with van der Waals surface area (Å²) >= 11 is 8.41. The Morgan fingerprint density at radius 3 is 2.50 bits per heavy atom. The monoisotopic (exact) mass is 360 g/mol. The van der Waals surface area contributed by atoms with Crippen LogP contribution in [0.3, 0.4) is 0 Å². The van der Waals surface area contributed by atoms with Gasteiger partial charge in [-0.15, -0.1) is 0 Å². The van der Waals surface area contributed by atoms with Crippen LogP contribution in [0.15, 0.2) is 39.4 Å². The Labute approximate surface area is 116 Å². The second-order valence-corrected chi connectivity index (χ2v) is 5.98. The zero-order valence-electron chi connectivity index (χ0n) is 8.41. The van der Waals surface area contributed by atoms with Crippen LogP contribution in [-0.4, -0.2) is 4.37 Å². The Hall–Kier alpha value is -0.230. The van der Waals surface area contributed by atoms with Crippen molar-refractivity contribution in [3.05, 3.63) is 49.8 Å². The first kappa shape index (κ1) is 12.2. The topological polar surface area (TPSA) is 24.9 Å². The average Bonchev–Trinajstić information content (AvgIpc) is 2.68. The number of rotatable bonds is 4. The molecule has 2 nitrogen and oxygen atoms in total. The van der Waals surface area contributed by atoms with Crippen molar-refractivity contribution >= 4 is 43.4 Å². The fourth-order valence-electron chi connectivity index (χ4n) is 1.29. The zero-order valence-corrected chi connectivity index (χ0v) is 12.4. The van der Waals surface area contributed by atoms with Gasteiger partial charge in [-0.05, 0) is 45.2 Å². The Morgan fingerprint density at radius 2 is 1.88 bits per heavy atom. The van der Waals surface area contributed by atoms with Crippen LogP contribution in [0.25, 0.3) is 0 Å².